The van der Waals surface area contributed by atoms with Crippen LogP contribution in [0.1, 0.15) is 30.9 Å². The predicted molar refractivity (Wildman–Crippen MR) is 90.4 cm³/mol. The van der Waals surface area contributed by atoms with Gasteiger partial charge in [0.05, 0.1) is 0 Å². The highest BCUT2D eigenvalue weighted by atomic mass is 35.5. The van der Waals surface area contributed by atoms with Crippen LogP contribution in [0.5, 0.6) is 0 Å². The molecule has 1 atom stereocenters. The number of piperidine rings is 1. The van der Waals surface area contributed by atoms with Crippen molar-refractivity contribution >= 4 is 29.2 Å². The third kappa shape index (κ3) is 3.71. The summed E-state index contributed by atoms with van der Waals surface area (Å²) in [7, 11) is 0. The summed E-state index contributed by atoms with van der Waals surface area (Å²) in [5.74, 6) is -0.0182. The standard InChI is InChI=1S/C17H17ClN4O2/c18-13-9-10-14(21-20-13)19-17(24)16(12-6-2-1-3-7-12)22-11-5-4-8-15(22)23/h1-3,6-7,9-10,16H,4-5,8,11H2,(H,19,21,24). The zero-order valence-corrected chi connectivity index (χ0v) is 13.7. The molecule has 1 N–H and O–H groups in total. The van der Waals surface area contributed by atoms with Crippen LogP contribution in [0.3, 0.4) is 0 Å². The number of rotatable bonds is 4. The van der Waals surface area contributed by atoms with Crippen molar-refractivity contribution in [2.45, 2.75) is 25.3 Å². The van der Waals surface area contributed by atoms with Crippen molar-refractivity contribution in [3.05, 3.63) is 53.2 Å². The van der Waals surface area contributed by atoms with E-state index in [0.717, 1.165) is 18.4 Å². The quantitative estimate of drug-likeness (QED) is 0.925. The molecule has 7 heteroatoms. The van der Waals surface area contributed by atoms with Crippen LogP contribution in [0.4, 0.5) is 5.82 Å². The molecular formula is C17H17ClN4O2. The van der Waals surface area contributed by atoms with Gasteiger partial charge in [0, 0.05) is 13.0 Å². The fraction of sp³-hybridized carbons (Fsp3) is 0.294. The lowest BCUT2D eigenvalue weighted by atomic mass is 10.0. The zero-order chi connectivity index (χ0) is 16.9. The molecule has 1 aliphatic heterocycles. The second-order valence-electron chi connectivity index (χ2n) is 5.59. The van der Waals surface area contributed by atoms with Gasteiger partial charge in [-0.2, -0.15) is 0 Å². The van der Waals surface area contributed by atoms with Crippen LogP contribution in [0, 0.1) is 0 Å². The maximum absolute atomic E-state index is 12.8. The second kappa shape index (κ2) is 7.40. The lowest BCUT2D eigenvalue weighted by molar-refractivity contribution is -0.141. The molecule has 1 fully saturated rings. The molecule has 0 spiro atoms. The number of nitrogens with zero attached hydrogens (tertiary/aromatic N) is 3. The Hall–Kier alpha value is -2.47. The van der Waals surface area contributed by atoms with Gasteiger partial charge in [0.25, 0.3) is 5.91 Å². The van der Waals surface area contributed by atoms with Gasteiger partial charge in [-0.15, -0.1) is 10.2 Å². The van der Waals surface area contributed by atoms with E-state index in [2.05, 4.69) is 15.5 Å². The molecule has 6 nitrogen and oxygen atoms in total. The van der Waals surface area contributed by atoms with E-state index >= 15 is 0 Å². The fourth-order valence-corrected chi connectivity index (χ4v) is 2.89. The normalized spacial score (nSPS) is 15.9. The van der Waals surface area contributed by atoms with Gasteiger partial charge in [-0.05, 0) is 30.5 Å². The number of amides is 2. The average molecular weight is 345 g/mol. The Morgan fingerprint density at radius 2 is 1.92 bits per heavy atom. The molecule has 124 valence electrons. The molecule has 0 aliphatic carbocycles. The lowest BCUT2D eigenvalue weighted by Gasteiger charge is -2.33. The summed E-state index contributed by atoms with van der Waals surface area (Å²) in [6, 6.07) is 11.7. The van der Waals surface area contributed by atoms with E-state index in [1.807, 2.05) is 30.3 Å². The van der Waals surface area contributed by atoms with E-state index in [-0.39, 0.29) is 17.0 Å². The number of aromatic nitrogens is 2. The van der Waals surface area contributed by atoms with Crippen molar-refractivity contribution in [1.29, 1.82) is 0 Å². The highest BCUT2D eigenvalue weighted by Gasteiger charge is 2.32. The first-order valence-electron chi connectivity index (χ1n) is 7.79. The molecule has 1 aromatic heterocycles. The van der Waals surface area contributed by atoms with E-state index in [1.165, 1.54) is 0 Å². The topological polar surface area (TPSA) is 75.2 Å². The summed E-state index contributed by atoms with van der Waals surface area (Å²) in [4.78, 5) is 26.8. The largest absolute Gasteiger partial charge is 0.327 e. The number of carbonyl (C=O) groups excluding carboxylic acids is 2. The minimum Gasteiger partial charge on any atom is -0.327 e. The molecule has 1 saturated heterocycles. The number of anilines is 1. The zero-order valence-electron chi connectivity index (χ0n) is 13.0. The van der Waals surface area contributed by atoms with Crippen LogP contribution in [0.15, 0.2) is 42.5 Å². The predicted octanol–water partition coefficient (Wildman–Crippen LogP) is 2.82. The summed E-state index contributed by atoms with van der Waals surface area (Å²) in [5.41, 5.74) is 0.771. The molecule has 2 heterocycles. The van der Waals surface area contributed by atoms with Crippen LogP contribution in [-0.4, -0.2) is 33.5 Å². The number of carbonyl (C=O) groups is 2. The van der Waals surface area contributed by atoms with Gasteiger partial charge in [0.1, 0.15) is 6.04 Å². The van der Waals surface area contributed by atoms with Crippen molar-refractivity contribution < 1.29 is 9.59 Å². The molecule has 1 aromatic carbocycles. The van der Waals surface area contributed by atoms with Gasteiger partial charge in [0.2, 0.25) is 5.91 Å². The average Bonchev–Trinajstić information content (AvgIpc) is 2.60. The molecule has 1 unspecified atom stereocenters. The number of likely N-dealkylation sites (tertiary alicyclic amines) is 1. The lowest BCUT2D eigenvalue weighted by Crippen LogP contribution is -2.43. The summed E-state index contributed by atoms with van der Waals surface area (Å²) >= 11 is 5.71. The van der Waals surface area contributed by atoms with E-state index in [9.17, 15) is 9.59 Å². The van der Waals surface area contributed by atoms with Crippen molar-refractivity contribution in [3.8, 4) is 0 Å². The summed E-state index contributed by atoms with van der Waals surface area (Å²) in [6.07, 6.45) is 2.22. The fourth-order valence-electron chi connectivity index (χ4n) is 2.79. The Kier molecular flexibility index (Phi) is 5.05. The molecule has 0 bridgehead atoms. The monoisotopic (exact) mass is 344 g/mol. The summed E-state index contributed by atoms with van der Waals surface area (Å²) in [6.45, 7) is 0.568. The van der Waals surface area contributed by atoms with Crippen LogP contribution in [-0.2, 0) is 9.59 Å². The first-order chi connectivity index (χ1) is 11.6. The summed E-state index contributed by atoms with van der Waals surface area (Å²) < 4.78 is 0. The minimum absolute atomic E-state index is 0.00700. The maximum atomic E-state index is 12.8. The summed E-state index contributed by atoms with van der Waals surface area (Å²) in [5, 5.41) is 10.5. The van der Waals surface area contributed by atoms with Crippen molar-refractivity contribution in [2.24, 2.45) is 0 Å². The molecule has 3 rings (SSSR count). The Bertz CT molecular complexity index is 721. The van der Waals surface area contributed by atoms with Crippen LogP contribution in [0.2, 0.25) is 5.15 Å². The molecule has 2 aromatic rings. The molecule has 2 amide bonds. The molecule has 1 aliphatic rings. The van der Waals surface area contributed by atoms with E-state index in [4.69, 9.17) is 11.6 Å². The van der Waals surface area contributed by atoms with Crippen molar-refractivity contribution in [3.63, 3.8) is 0 Å². The highest BCUT2D eigenvalue weighted by Crippen LogP contribution is 2.26. The Morgan fingerprint density at radius 1 is 1.12 bits per heavy atom. The Labute approximate surface area is 144 Å². The number of halogens is 1. The van der Waals surface area contributed by atoms with Crippen LogP contribution < -0.4 is 5.32 Å². The van der Waals surface area contributed by atoms with Gasteiger partial charge < -0.3 is 10.2 Å². The molecular weight excluding hydrogens is 328 g/mol. The smallest absolute Gasteiger partial charge is 0.253 e. The van der Waals surface area contributed by atoms with E-state index < -0.39 is 6.04 Å². The van der Waals surface area contributed by atoms with Crippen LogP contribution >= 0.6 is 11.6 Å². The van der Waals surface area contributed by atoms with E-state index in [0.29, 0.717) is 18.8 Å². The Morgan fingerprint density at radius 3 is 2.58 bits per heavy atom. The molecule has 0 radical (unpaired) electrons. The highest BCUT2D eigenvalue weighted by molar-refractivity contribution is 6.29. The minimum atomic E-state index is -0.684. The van der Waals surface area contributed by atoms with E-state index in [1.54, 1.807) is 17.0 Å². The third-order valence-corrected chi connectivity index (χ3v) is 4.12. The van der Waals surface area contributed by atoms with Gasteiger partial charge in [-0.1, -0.05) is 41.9 Å². The van der Waals surface area contributed by atoms with Crippen LogP contribution in [0.25, 0.3) is 0 Å². The number of hydrogen-bond acceptors (Lipinski definition) is 4. The first-order valence-corrected chi connectivity index (χ1v) is 8.17. The number of hydrogen-bond donors (Lipinski definition) is 1. The first kappa shape index (κ1) is 16.4. The number of benzene rings is 1. The third-order valence-electron chi connectivity index (χ3n) is 3.92. The van der Waals surface area contributed by atoms with Crippen molar-refractivity contribution in [1.82, 2.24) is 15.1 Å². The molecule has 24 heavy (non-hydrogen) atoms. The second-order valence-corrected chi connectivity index (χ2v) is 5.98. The van der Waals surface area contributed by atoms with Crippen molar-refractivity contribution in [2.75, 3.05) is 11.9 Å². The van der Waals surface area contributed by atoms with Gasteiger partial charge >= 0.3 is 0 Å². The van der Waals surface area contributed by atoms with Gasteiger partial charge in [-0.3, -0.25) is 9.59 Å². The SMILES string of the molecule is O=C(Nc1ccc(Cl)nn1)C(c1ccccc1)N1CCCCC1=O. The molecule has 0 saturated carbocycles. The Balaban J connectivity index is 1.87. The maximum Gasteiger partial charge on any atom is 0.253 e. The van der Waals surface area contributed by atoms with Gasteiger partial charge in [0.15, 0.2) is 11.0 Å². The number of nitrogens with one attached hydrogen (secondary N) is 1. The van der Waals surface area contributed by atoms with Gasteiger partial charge in [-0.25, -0.2) is 0 Å².